The molecule has 2 aromatic rings. The Balaban J connectivity index is 2.03. The number of nitrogens with one attached hydrogen (secondary N) is 1. The van der Waals surface area contributed by atoms with Crippen molar-refractivity contribution in [1.29, 1.82) is 0 Å². The SMILES string of the molecule is CC(C)(C)CC(CO)NC(=O)c1csc(-c2ccco2)n1. The van der Waals surface area contributed by atoms with Crippen molar-refractivity contribution in [3.05, 3.63) is 29.5 Å². The Morgan fingerprint density at radius 1 is 1.52 bits per heavy atom. The zero-order valence-electron chi connectivity index (χ0n) is 12.4. The van der Waals surface area contributed by atoms with Crippen LogP contribution in [0, 0.1) is 5.41 Å². The Labute approximate surface area is 128 Å². The summed E-state index contributed by atoms with van der Waals surface area (Å²) in [6.45, 7) is 6.12. The van der Waals surface area contributed by atoms with Crippen LogP contribution in [0.3, 0.4) is 0 Å². The highest BCUT2D eigenvalue weighted by atomic mass is 32.1. The van der Waals surface area contributed by atoms with Crippen LogP contribution in [0.4, 0.5) is 0 Å². The van der Waals surface area contributed by atoms with Crippen molar-refractivity contribution < 1.29 is 14.3 Å². The Kier molecular flexibility index (Phi) is 4.80. The molecule has 21 heavy (non-hydrogen) atoms. The maximum absolute atomic E-state index is 12.2. The molecule has 2 aromatic heterocycles. The van der Waals surface area contributed by atoms with E-state index in [-0.39, 0.29) is 24.0 Å². The molecule has 2 rings (SSSR count). The zero-order chi connectivity index (χ0) is 15.5. The minimum Gasteiger partial charge on any atom is -0.462 e. The zero-order valence-corrected chi connectivity index (χ0v) is 13.2. The van der Waals surface area contributed by atoms with E-state index in [1.165, 1.54) is 11.3 Å². The van der Waals surface area contributed by atoms with E-state index in [0.717, 1.165) is 0 Å². The van der Waals surface area contributed by atoms with Crippen LogP contribution in [0.2, 0.25) is 0 Å². The van der Waals surface area contributed by atoms with Crippen LogP contribution >= 0.6 is 11.3 Å². The third kappa shape index (κ3) is 4.41. The van der Waals surface area contributed by atoms with Gasteiger partial charge in [0.1, 0.15) is 5.69 Å². The summed E-state index contributed by atoms with van der Waals surface area (Å²) >= 11 is 1.36. The standard InChI is InChI=1S/C15H20N2O3S/c1-15(2,3)7-10(8-18)16-13(19)11-9-21-14(17-11)12-5-4-6-20-12/h4-6,9-10,18H,7-8H2,1-3H3,(H,16,19). The van der Waals surface area contributed by atoms with Crippen LogP contribution in [0.15, 0.2) is 28.2 Å². The molecule has 0 aliphatic rings. The predicted molar refractivity (Wildman–Crippen MR) is 82.2 cm³/mol. The summed E-state index contributed by atoms with van der Waals surface area (Å²) in [5.74, 6) is 0.375. The van der Waals surface area contributed by atoms with Crippen molar-refractivity contribution in [2.45, 2.75) is 33.2 Å². The summed E-state index contributed by atoms with van der Waals surface area (Å²) in [7, 11) is 0. The van der Waals surface area contributed by atoms with Gasteiger partial charge in [-0.1, -0.05) is 20.8 Å². The van der Waals surface area contributed by atoms with Gasteiger partial charge in [-0.3, -0.25) is 4.79 Å². The lowest BCUT2D eigenvalue weighted by Gasteiger charge is -2.25. The van der Waals surface area contributed by atoms with E-state index >= 15 is 0 Å². The van der Waals surface area contributed by atoms with E-state index in [1.807, 2.05) is 0 Å². The molecule has 2 heterocycles. The minimum absolute atomic E-state index is 0.0298. The van der Waals surface area contributed by atoms with Crippen LogP contribution in [0.1, 0.15) is 37.7 Å². The van der Waals surface area contributed by atoms with Crippen LogP contribution in [0.5, 0.6) is 0 Å². The molecule has 2 N–H and O–H groups in total. The fourth-order valence-corrected chi connectivity index (χ4v) is 2.82. The lowest BCUT2D eigenvalue weighted by Crippen LogP contribution is -2.40. The molecule has 0 aliphatic heterocycles. The van der Waals surface area contributed by atoms with Gasteiger partial charge in [-0.2, -0.15) is 0 Å². The molecular weight excluding hydrogens is 288 g/mol. The second kappa shape index (κ2) is 6.41. The van der Waals surface area contributed by atoms with Gasteiger partial charge in [0.25, 0.3) is 5.91 Å². The first kappa shape index (κ1) is 15.7. The van der Waals surface area contributed by atoms with Crippen molar-refractivity contribution in [2.24, 2.45) is 5.41 Å². The fourth-order valence-electron chi connectivity index (χ4n) is 2.05. The average Bonchev–Trinajstić information content (AvgIpc) is 3.06. The van der Waals surface area contributed by atoms with Gasteiger partial charge in [0.05, 0.1) is 18.9 Å². The van der Waals surface area contributed by atoms with E-state index in [9.17, 15) is 9.90 Å². The molecule has 5 nitrogen and oxygen atoms in total. The molecule has 1 unspecified atom stereocenters. The summed E-state index contributed by atoms with van der Waals surface area (Å²) in [6.07, 6.45) is 2.27. The molecule has 0 spiro atoms. The van der Waals surface area contributed by atoms with Gasteiger partial charge in [-0.15, -0.1) is 11.3 Å². The van der Waals surface area contributed by atoms with Gasteiger partial charge in [0.2, 0.25) is 0 Å². The van der Waals surface area contributed by atoms with Crippen molar-refractivity contribution in [3.63, 3.8) is 0 Å². The number of hydrogen-bond acceptors (Lipinski definition) is 5. The molecule has 0 aliphatic carbocycles. The second-order valence-corrected chi connectivity index (χ2v) is 6.99. The number of rotatable bonds is 5. The quantitative estimate of drug-likeness (QED) is 0.890. The number of aliphatic hydroxyl groups excluding tert-OH is 1. The third-order valence-corrected chi connectivity index (χ3v) is 3.74. The highest BCUT2D eigenvalue weighted by molar-refractivity contribution is 7.13. The molecule has 1 atom stereocenters. The van der Waals surface area contributed by atoms with Gasteiger partial charge in [0, 0.05) is 5.38 Å². The molecule has 6 heteroatoms. The first-order valence-corrected chi connectivity index (χ1v) is 7.68. The molecule has 114 valence electrons. The second-order valence-electron chi connectivity index (χ2n) is 6.13. The van der Waals surface area contributed by atoms with Crippen molar-refractivity contribution in [1.82, 2.24) is 10.3 Å². The topological polar surface area (TPSA) is 75.4 Å². The summed E-state index contributed by atoms with van der Waals surface area (Å²) in [6, 6.07) is 3.31. The van der Waals surface area contributed by atoms with Gasteiger partial charge >= 0.3 is 0 Å². The first-order chi connectivity index (χ1) is 9.89. The van der Waals surface area contributed by atoms with Crippen LogP contribution in [-0.4, -0.2) is 28.6 Å². The maximum atomic E-state index is 12.2. The van der Waals surface area contributed by atoms with E-state index in [0.29, 0.717) is 22.9 Å². The summed E-state index contributed by atoms with van der Waals surface area (Å²) in [5.41, 5.74) is 0.376. The molecule has 1 amide bonds. The number of aromatic nitrogens is 1. The highest BCUT2D eigenvalue weighted by Crippen LogP contribution is 2.24. The van der Waals surface area contributed by atoms with E-state index in [2.05, 4.69) is 31.1 Å². The number of carbonyl (C=O) groups is 1. The number of hydrogen-bond donors (Lipinski definition) is 2. The number of aliphatic hydroxyl groups is 1. The smallest absolute Gasteiger partial charge is 0.271 e. The fraction of sp³-hybridized carbons (Fsp3) is 0.467. The maximum Gasteiger partial charge on any atom is 0.271 e. The van der Waals surface area contributed by atoms with Crippen LogP contribution in [-0.2, 0) is 0 Å². The van der Waals surface area contributed by atoms with Crippen LogP contribution < -0.4 is 5.32 Å². The number of carbonyl (C=O) groups excluding carboxylic acids is 1. The van der Waals surface area contributed by atoms with Crippen LogP contribution in [0.25, 0.3) is 10.8 Å². The van der Waals surface area contributed by atoms with E-state index in [4.69, 9.17) is 4.42 Å². The van der Waals surface area contributed by atoms with Gasteiger partial charge in [-0.05, 0) is 24.0 Å². The normalized spacial score (nSPS) is 13.1. The Morgan fingerprint density at radius 2 is 2.29 bits per heavy atom. The number of amides is 1. The largest absolute Gasteiger partial charge is 0.462 e. The Hall–Kier alpha value is -1.66. The lowest BCUT2D eigenvalue weighted by atomic mass is 9.88. The minimum atomic E-state index is -0.272. The van der Waals surface area contributed by atoms with Crippen molar-refractivity contribution >= 4 is 17.2 Å². The third-order valence-electron chi connectivity index (χ3n) is 2.88. The van der Waals surface area contributed by atoms with E-state index in [1.54, 1.807) is 23.8 Å². The molecule has 0 saturated carbocycles. The average molecular weight is 308 g/mol. The molecule has 0 aromatic carbocycles. The van der Waals surface area contributed by atoms with Gasteiger partial charge in [0.15, 0.2) is 10.8 Å². The lowest BCUT2D eigenvalue weighted by molar-refractivity contribution is 0.0893. The summed E-state index contributed by atoms with van der Waals surface area (Å²) < 4.78 is 5.26. The number of furan rings is 1. The monoisotopic (exact) mass is 308 g/mol. The molecule has 0 saturated heterocycles. The number of nitrogens with zero attached hydrogens (tertiary/aromatic N) is 1. The molecule has 0 fully saturated rings. The predicted octanol–water partition coefficient (Wildman–Crippen LogP) is 2.93. The Bertz CT molecular complexity index is 584. The van der Waals surface area contributed by atoms with Crippen molar-refractivity contribution in [2.75, 3.05) is 6.61 Å². The molecule has 0 bridgehead atoms. The van der Waals surface area contributed by atoms with E-state index < -0.39 is 0 Å². The van der Waals surface area contributed by atoms with Crippen molar-refractivity contribution in [3.8, 4) is 10.8 Å². The summed E-state index contributed by atoms with van der Waals surface area (Å²) in [5, 5.41) is 14.6. The van der Waals surface area contributed by atoms with Gasteiger partial charge in [-0.25, -0.2) is 4.98 Å². The summed E-state index contributed by atoms with van der Waals surface area (Å²) in [4.78, 5) is 16.4. The molecular formula is C15H20N2O3S. The van der Waals surface area contributed by atoms with Gasteiger partial charge < -0.3 is 14.8 Å². The number of thiazole rings is 1. The first-order valence-electron chi connectivity index (χ1n) is 6.80. The Morgan fingerprint density at radius 3 is 2.86 bits per heavy atom. The molecule has 0 radical (unpaired) electrons. The highest BCUT2D eigenvalue weighted by Gasteiger charge is 2.21.